The Labute approximate surface area is 147 Å². The fourth-order valence-electron chi connectivity index (χ4n) is 2.43. The molecule has 0 saturated carbocycles. The van der Waals surface area contributed by atoms with Crippen molar-refractivity contribution in [2.24, 2.45) is 0 Å². The Bertz CT molecular complexity index is 635. The number of rotatable bonds is 3. The zero-order valence-corrected chi connectivity index (χ0v) is 17.2. The third-order valence-corrected chi connectivity index (χ3v) is 8.45. The molecule has 1 radical (unpaired) electrons. The van der Waals surface area contributed by atoms with Crippen LogP contribution in [0.15, 0.2) is 72.8 Å². The van der Waals surface area contributed by atoms with E-state index in [9.17, 15) is 0 Å². The Kier molecular flexibility index (Phi) is 6.19. The van der Waals surface area contributed by atoms with Gasteiger partial charge in [-0.25, -0.2) is 0 Å². The van der Waals surface area contributed by atoms with E-state index < -0.39 is 13.9 Å². The van der Waals surface area contributed by atoms with Crippen molar-refractivity contribution in [2.45, 2.75) is 20.8 Å². The van der Waals surface area contributed by atoms with Crippen molar-refractivity contribution in [3.8, 4) is 0 Å². The summed E-state index contributed by atoms with van der Waals surface area (Å²) in [7, 11) is 0. The molecule has 0 aliphatic heterocycles. The molecule has 0 spiro atoms. The van der Waals surface area contributed by atoms with E-state index in [0.717, 1.165) is 0 Å². The molecule has 0 fully saturated rings. The van der Waals surface area contributed by atoms with Gasteiger partial charge in [0.05, 0.1) is 0 Å². The molecule has 0 N–H and O–H groups in total. The summed E-state index contributed by atoms with van der Waals surface area (Å²) < 4.78 is 4.41. The maximum atomic E-state index is 2.31. The van der Waals surface area contributed by atoms with Crippen molar-refractivity contribution in [2.75, 3.05) is 0 Å². The fraction of sp³-hybridized carbons (Fsp3) is 0.143. The van der Waals surface area contributed by atoms with Crippen LogP contribution in [0.3, 0.4) is 0 Å². The number of hydrogen-bond donors (Lipinski definition) is 0. The first-order chi connectivity index (χ1) is 10.6. The van der Waals surface area contributed by atoms with Crippen LogP contribution in [0.4, 0.5) is 0 Å². The minimum absolute atomic E-state index is 0. The first kappa shape index (κ1) is 18.0. The Balaban J connectivity index is 0.00000192. The summed E-state index contributed by atoms with van der Waals surface area (Å²) in [6, 6.07) is 27.2. The Morgan fingerprint density at radius 3 is 0.870 bits per heavy atom. The summed E-state index contributed by atoms with van der Waals surface area (Å²) in [5.41, 5.74) is 3.96. The maximum Gasteiger partial charge on any atom is -0.153 e. The smallest absolute Gasteiger partial charge is 0.153 e. The summed E-state index contributed by atoms with van der Waals surface area (Å²) in [5, 5.41) is 0. The molecule has 0 heterocycles. The van der Waals surface area contributed by atoms with Crippen LogP contribution in [-0.4, -0.2) is 13.9 Å². The van der Waals surface area contributed by atoms with Crippen molar-refractivity contribution in [3.05, 3.63) is 89.5 Å². The second kappa shape index (κ2) is 7.93. The van der Waals surface area contributed by atoms with Crippen LogP contribution in [0.5, 0.6) is 0 Å². The molecule has 0 aliphatic carbocycles. The molecule has 3 aromatic rings. The molecule has 3 rings (SSSR count). The Morgan fingerprint density at radius 2 is 0.652 bits per heavy atom. The van der Waals surface area contributed by atoms with Crippen LogP contribution in [0.25, 0.3) is 0 Å². The molecule has 23 heavy (non-hydrogen) atoms. The summed E-state index contributed by atoms with van der Waals surface area (Å²) in [6.45, 7) is 6.45. The van der Waals surface area contributed by atoms with Gasteiger partial charge in [-0.1, -0.05) is 0 Å². The number of aryl methyl sites for hydroxylation is 3. The van der Waals surface area contributed by atoms with Crippen LogP contribution < -0.4 is 13.4 Å². The van der Waals surface area contributed by atoms with E-state index in [1.54, 1.807) is 0 Å². The zero-order valence-electron chi connectivity index (χ0n) is 14.0. The fourth-order valence-corrected chi connectivity index (χ4v) is 6.71. The van der Waals surface area contributed by atoms with Gasteiger partial charge in [-0.15, -0.1) is 0 Å². The molecule has 1 atom stereocenters. The third-order valence-electron chi connectivity index (χ3n) is 3.77. The van der Waals surface area contributed by atoms with Crippen molar-refractivity contribution in [1.29, 1.82) is 0 Å². The van der Waals surface area contributed by atoms with Crippen LogP contribution >= 0.6 is 9.90 Å². The molecule has 0 saturated heterocycles. The van der Waals surface area contributed by atoms with Crippen LogP contribution in [0, 0.1) is 20.8 Å². The van der Waals surface area contributed by atoms with Gasteiger partial charge in [0.25, 0.3) is 0 Å². The third kappa shape index (κ3) is 4.33. The Hall–Kier alpha value is -1.39. The molecule has 2 heteroatoms. The molecule has 1 unspecified atom stereocenters. The first-order valence-electron chi connectivity index (χ1n) is 7.58. The maximum absolute atomic E-state index is 2.31. The van der Waals surface area contributed by atoms with E-state index >= 15 is 0 Å². The van der Waals surface area contributed by atoms with Gasteiger partial charge in [0, 0.05) is 0 Å². The topological polar surface area (TPSA) is 0 Å². The number of benzene rings is 3. The van der Waals surface area contributed by atoms with Gasteiger partial charge in [0.2, 0.25) is 0 Å². The monoisotopic (exact) mass is 387 g/mol. The van der Waals surface area contributed by atoms with Crippen LogP contribution in [0.1, 0.15) is 16.7 Å². The first-order valence-corrected chi connectivity index (χ1v) is 10.1. The van der Waals surface area contributed by atoms with Crippen molar-refractivity contribution < 1.29 is 0 Å². The van der Waals surface area contributed by atoms with Gasteiger partial charge in [-0.3, -0.25) is 0 Å². The van der Waals surface area contributed by atoms with Gasteiger partial charge >= 0.3 is 138 Å². The standard InChI is InChI=1S/C21H21Se.H3P/c1-16-4-10-19(11-5-16)22(20-12-6-17(2)7-13-20)21-14-8-18(3)9-15-21;/h4-15H,1-3H3;1H3. The molecule has 0 aromatic heterocycles. The molecule has 0 nitrogen and oxygen atoms in total. The molecule has 0 aliphatic rings. The molecule has 119 valence electrons. The average molecular weight is 386 g/mol. The predicted molar refractivity (Wildman–Crippen MR) is 109 cm³/mol. The minimum atomic E-state index is -1.20. The summed E-state index contributed by atoms with van der Waals surface area (Å²) in [6.07, 6.45) is 0. The SMILES string of the molecule is Cc1ccc([Se](c2ccc(C)cc2)c2ccc(C)cc2)cc1.P. The number of hydrogen-bond acceptors (Lipinski definition) is 0. The van der Waals surface area contributed by atoms with Crippen molar-refractivity contribution in [1.82, 2.24) is 0 Å². The van der Waals surface area contributed by atoms with Gasteiger partial charge in [-0.05, 0) is 0 Å². The van der Waals surface area contributed by atoms with Crippen LogP contribution in [0.2, 0.25) is 0 Å². The zero-order chi connectivity index (χ0) is 15.5. The molecular weight excluding hydrogens is 362 g/mol. The van der Waals surface area contributed by atoms with E-state index in [4.69, 9.17) is 0 Å². The van der Waals surface area contributed by atoms with E-state index in [-0.39, 0.29) is 9.90 Å². The normalized spacial score (nSPS) is 10.4. The second-order valence-electron chi connectivity index (χ2n) is 5.75. The van der Waals surface area contributed by atoms with E-state index in [1.165, 1.54) is 30.1 Å². The predicted octanol–water partition coefficient (Wildman–Crippen LogP) is 3.19. The van der Waals surface area contributed by atoms with Gasteiger partial charge < -0.3 is 0 Å². The van der Waals surface area contributed by atoms with Crippen molar-refractivity contribution >= 4 is 37.2 Å². The van der Waals surface area contributed by atoms with Gasteiger partial charge in [0.15, 0.2) is 0 Å². The molecule has 0 bridgehead atoms. The van der Waals surface area contributed by atoms with Crippen LogP contribution in [-0.2, 0) is 0 Å². The summed E-state index contributed by atoms with van der Waals surface area (Å²) in [5.74, 6) is 0. The molecule has 3 aromatic carbocycles. The van der Waals surface area contributed by atoms with Gasteiger partial charge in [-0.2, -0.15) is 9.90 Å². The largest absolute Gasteiger partial charge is 0.153 e. The van der Waals surface area contributed by atoms with E-state index in [0.29, 0.717) is 0 Å². The summed E-state index contributed by atoms with van der Waals surface area (Å²) >= 11 is -1.20. The molecule has 0 amide bonds. The van der Waals surface area contributed by atoms with E-state index in [2.05, 4.69) is 93.6 Å². The summed E-state index contributed by atoms with van der Waals surface area (Å²) in [4.78, 5) is 0. The van der Waals surface area contributed by atoms with E-state index in [1.807, 2.05) is 0 Å². The average Bonchev–Trinajstić information content (AvgIpc) is 2.53. The Morgan fingerprint density at radius 1 is 0.435 bits per heavy atom. The van der Waals surface area contributed by atoms with Crippen molar-refractivity contribution in [3.63, 3.8) is 0 Å². The second-order valence-corrected chi connectivity index (χ2v) is 10.00. The molecular formula is C21H24PSe. The van der Waals surface area contributed by atoms with Gasteiger partial charge in [0.1, 0.15) is 0 Å². The quantitative estimate of drug-likeness (QED) is 0.479. The minimum Gasteiger partial charge on any atom is -0.153 e.